The van der Waals surface area contributed by atoms with Crippen molar-refractivity contribution in [2.75, 3.05) is 16.8 Å². The fraction of sp³-hybridized carbons (Fsp3) is 0.333. The lowest BCUT2D eigenvalue weighted by Crippen LogP contribution is -2.36. The van der Waals surface area contributed by atoms with Crippen molar-refractivity contribution in [1.82, 2.24) is 20.3 Å². The molecule has 24 heavy (non-hydrogen) atoms. The molecule has 0 aliphatic carbocycles. The average molecular weight is 347 g/mol. The first-order chi connectivity index (χ1) is 11.5. The Bertz CT molecular complexity index is 826. The molecule has 8 nitrogen and oxygen atoms in total. The van der Waals surface area contributed by atoms with Crippen LogP contribution < -0.4 is 10.6 Å². The molecule has 0 spiro atoms. The van der Waals surface area contributed by atoms with Gasteiger partial charge in [-0.1, -0.05) is 6.07 Å². The molecular formula is C15H17N5O3S. The number of nitrogens with one attached hydrogen (secondary N) is 2. The van der Waals surface area contributed by atoms with Crippen molar-refractivity contribution in [3.63, 3.8) is 0 Å². The molecule has 0 aromatic carbocycles. The number of pyridine rings is 1. The van der Waals surface area contributed by atoms with Gasteiger partial charge in [-0.15, -0.1) is 0 Å². The first-order valence-electron chi connectivity index (χ1n) is 7.49. The smallest absolute Gasteiger partial charge is 0.270 e. The molecule has 1 atom stereocenters. The average Bonchev–Trinajstić information content (AvgIpc) is 2.93. The van der Waals surface area contributed by atoms with E-state index in [-0.39, 0.29) is 23.2 Å². The number of nitrogens with zero attached hydrogens (tertiary/aromatic N) is 3. The molecule has 1 aliphatic heterocycles. The van der Waals surface area contributed by atoms with Crippen LogP contribution in [-0.2, 0) is 16.4 Å². The molecule has 9 heteroatoms. The van der Waals surface area contributed by atoms with Gasteiger partial charge in [-0.05, 0) is 18.6 Å². The van der Waals surface area contributed by atoms with E-state index in [9.17, 15) is 13.2 Å². The second-order valence-electron chi connectivity index (χ2n) is 5.54. The van der Waals surface area contributed by atoms with Crippen LogP contribution in [0.3, 0.4) is 0 Å². The Kier molecular flexibility index (Phi) is 4.70. The van der Waals surface area contributed by atoms with E-state index in [1.165, 1.54) is 12.4 Å². The second kappa shape index (κ2) is 6.91. The van der Waals surface area contributed by atoms with E-state index in [0.29, 0.717) is 18.8 Å². The highest BCUT2D eigenvalue weighted by molar-refractivity contribution is 7.91. The van der Waals surface area contributed by atoms with Gasteiger partial charge in [-0.3, -0.25) is 9.78 Å². The predicted molar refractivity (Wildman–Crippen MR) is 88.1 cm³/mol. The molecule has 2 aromatic rings. The van der Waals surface area contributed by atoms with Gasteiger partial charge in [0.2, 0.25) is 0 Å². The van der Waals surface area contributed by atoms with Crippen molar-refractivity contribution in [2.45, 2.75) is 19.0 Å². The molecule has 3 rings (SSSR count). The minimum atomic E-state index is -3.04. The highest BCUT2D eigenvalue weighted by atomic mass is 32.2. The Morgan fingerprint density at radius 1 is 1.25 bits per heavy atom. The maximum absolute atomic E-state index is 12.2. The number of sulfone groups is 1. The fourth-order valence-electron chi connectivity index (χ4n) is 2.43. The third-order valence-electron chi connectivity index (χ3n) is 3.64. The Labute approximate surface area is 139 Å². The number of hydrogen-bond acceptors (Lipinski definition) is 7. The topological polar surface area (TPSA) is 114 Å². The van der Waals surface area contributed by atoms with E-state index >= 15 is 0 Å². The zero-order valence-electron chi connectivity index (χ0n) is 12.8. The van der Waals surface area contributed by atoms with Crippen molar-refractivity contribution >= 4 is 21.6 Å². The summed E-state index contributed by atoms with van der Waals surface area (Å²) in [6, 6.07) is 6.77. The normalized spacial score (nSPS) is 18.9. The molecule has 1 saturated heterocycles. The van der Waals surface area contributed by atoms with E-state index in [0.717, 1.165) is 5.69 Å². The maximum atomic E-state index is 12.2. The molecule has 1 fully saturated rings. The van der Waals surface area contributed by atoms with Gasteiger partial charge in [-0.25, -0.2) is 18.4 Å². The summed E-state index contributed by atoms with van der Waals surface area (Å²) in [4.78, 5) is 24.4. The van der Waals surface area contributed by atoms with E-state index in [4.69, 9.17) is 0 Å². The van der Waals surface area contributed by atoms with Gasteiger partial charge in [0.05, 0.1) is 23.7 Å². The molecule has 0 bridgehead atoms. The number of aromatic nitrogens is 3. The van der Waals surface area contributed by atoms with Gasteiger partial charge >= 0.3 is 0 Å². The minimum Gasteiger partial charge on any atom is -0.364 e. The van der Waals surface area contributed by atoms with Gasteiger partial charge in [0.25, 0.3) is 5.91 Å². The summed E-state index contributed by atoms with van der Waals surface area (Å²) in [5.74, 6) is 0.188. The van der Waals surface area contributed by atoms with Crippen LogP contribution in [0.1, 0.15) is 22.6 Å². The van der Waals surface area contributed by atoms with Crippen LogP contribution in [-0.4, -0.2) is 46.8 Å². The molecule has 2 N–H and O–H groups in total. The molecule has 1 aliphatic rings. The van der Waals surface area contributed by atoms with Gasteiger partial charge < -0.3 is 10.6 Å². The molecule has 1 amide bonds. The number of rotatable bonds is 5. The summed E-state index contributed by atoms with van der Waals surface area (Å²) in [6.45, 7) is 0.472. The molecule has 3 heterocycles. The number of carbonyl (C=O) groups excluding carboxylic acids is 1. The van der Waals surface area contributed by atoms with Crippen LogP contribution in [0.2, 0.25) is 0 Å². The first kappa shape index (κ1) is 16.3. The third-order valence-corrected chi connectivity index (χ3v) is 5.41. The number of amides is 1. The largest absolute Gasteiger partial charge is 0.364 e. The van der Waals surface area contributed by atoms with Crippen molar-refractivity contribution in [1.29, 1.82) is 0 Å². The summed E-state index contributed by atoms with van der Waals surface area (Å²) >= 11 is 0. The Morgan fingerprint density at radius 2 is 2.12 bits per heavy atom. The van der Waals surface area contributed by atoms with Crippen molar-refractivity contribution in [3.05, 3.63) is 48.2 Å². The van der Waals surface area contributed by atoms with Crippen LogP contribution in [0.25, 0.3) is 0 Å². The van der Waals surface area contributed by atoms with Crippen LogP contribution in [0.5, 0.6) is 0 Å². The Morgan fingerprint density at radius 3 is 2.83 bits per heavy atom. The first-order valence-corrected chi connectivity index (χ1v) is 9.31. The standard InChI is InChI=1S/C15H17N5O3S/c21-15(20-12-4-6-24(22,23)9-12)13-7-14(19-10-18-13)17-8-11-3-1-2-5-16-11/h1-3,5,7,10,12H,4,6,8-9H2,(H,20,21)(H,17,18,19). The summed E-state index contributed by atoms with van der Waals surface area (Å²) in [7, 11) is -3.04. The third kappa shape index (κ3) is 4.25. The van der Waals surface area contributed by atoms with Crippen LogP contribution in [0.4, 0.5) is 5.82 Å². The second-order valence-corrected chi connectivity index (χ2v) is 7.77. The predicted octanol–water partition coefficient (Wildman–Crippen LogP) is 0.401. The minimum absolute atomic E-state index is 0.0192. The Balaban J connectivity index is 1.61. The van der Waals surface area contributed by atoms with Crippen molar-refractivity contribution in [3.8, 4) is 0 Å². The number of anilines is 1. The molecule has 0 radical (unpaired) electrons. The van der Waals surface area contributed by atoms with E-state index in [2.05, 4.69) is 25.6 Å². The van der Waals surface area contributed by atoms with Crippen LogP contribution in [0.15, 0.2) is 36.8 Å². The van der Waals surface area contributed by atoms with Gasteiger partial charge in [0.1, 0.15) is 17.8 Å². The fourth-order valence-corrected chi connectivity index (χ4v) is 4.10. The zero-order chi connectivity index (χ0) is 17.0. The Hall–Kier alpha value is -2.55. The number of carbonyl (C=O) groups is 1. The lowest BCUT2D eigenvalue weighted by Gasteiger charge is -2.11. The quantitative estimate of drug-likeness (QED) is 0.804. The van der Waals surface area contributed by atoms with Gasteiger partial charge in [-0.2, -0.15) is 0 Å². The van der Waals surface area contributed by atoms with E-state index < -0.39 is 15.7 Å². The molecule has 2 aromatic heterocycles. The SMILES string of the molecule is O=C(NC1CCS(=O)(=O)C1)c1cc(NCc2ccccn2)ncn1. The summed E-state index contributed by atoms with van der Waals surface area (Å²) < 4.78 is 22.9. The zero-order valence-corrected chi connectivity index (χ0v) is 13.7. The lowest BCUT2D eigenvalue weighted by atomic mass is 10.2. The molecule has 126 valence electrons. The van der Waals surface area contributed by atoms with Gasteiger partial charge in [0, 0.05) is 18.3 Å². The van der Waals surface area contributed by atoms with E-state index in [1.807, 2.05) is 18.2 Å². The van der Waals surface area contributed by atoms with Gasteiger partial charge in [0.15, 0.2) is 9.84 Å². The van der Waals surface area contributed by atoms with Crippen molar-refractivity contribution in [2.24, 2.45) is 0 Å². The highest BCUT2D eigenvalue weighted by Gasteiger charge is 2.29. The molecular weight excluding hydrogens is 330 g/mol. The number of hydrogen-bond donors (Lipinski definition) is 2. The highest BCUT2D eigenvalue weighted by Crippen LogP contribution is 2.12. The van der Waals surface area contributed by atoms with Crippen LogP contribution in [0, 0.1) is 0 Å². The van der Waals surface area contributed by atoms with Crippen molar-refractivity contribution < 1.29 is 13.2 Å². The van der Waals surface area contributed by atoms with E-state index in [1.54, 1.807) is 6.20 Å². The van der Waals surface area contributed by atoms with Crippen LogP contribution >= 0.6 is 0 Å². The summed E-state index contributed by atoms with van der Waals surface area (Å²) in [5, 5.41) is 5.78. The maximum Gasteiger partial charge on any atom is 0.270 e. The summed E-state index contributed by atoms with van der Waals surface area (Å²) in [5.41, 5.74) is 1.04. The molecule has 0 saturated carbocycles. The lowest BCUT2D eigenvalue weighted by molar-refractivity contribution is 0.0936. The summed E-state index contributed by atoms with van der Waals surface area (Å²) in [6.07, 6.45) is 3.43. The monoisotopic (exact) mass is 347 g/mol. The molecule has 1 unspecified atom stereocenters.